The van der Waals surface area contributed by atoms with Gasteiger partial charge >= 0.3 is 45.6 Å². The third kappa shape index (κ3) is 11.0. The second-order valence-electron chi connectivity index (χ2n) is 21.1. The summed E-state index contributed by atoms with van der Waals surface area (Å²) < 4.78 is 118. The van der Waals surface area contributed by atoms with E-state index in [0.29, 0.717) is 29.3 Å². The minimum absolute atomic E-state index is 0.0150. The summed E-state index contributed by atoms with van der Waals surface area (Å²) in [5, 5.41) is 17.0. The number of alkyl halides is 3. The number of rotatable bonds is 18. The van der Waals surface area contributed by atoms with Crippen LogP contribution in [-0.4, -0.2) is 111 Å². The lowest BCUT2D eigenvalue weighted by molar-refractivity contribution is -0.347. The lowest BCUT2D eigenvalue weighted by Gasteiger charge is -2.68. The average Bonchev–Trinajstić information content (AvgIpc) is 3.42. The summed E-state index contributed by atoms with van der Waals surface area (Å²) in [5.74, 6) is -9.80. The molecule has 0 radical (unpaired) electrons. The number of aliphatic hydroxyl groups is 1. The SMILES string of the molecule is CC[Si](CC)(CC)O[C@@H](C(=O)OC1=C(C)C2[C@@H](OC(C)=O)C(=O)[C@]3(C)[C@@H](OS(=O)(=O)C(F)(F)F)C[C@H]4OC[C@@]4(OC(C)=O)[C@H]3[C@H](OC(=O)c3ccccc3)[C@](O)(C1)C2(C)C)[C@@H](NC(=O)OCc1ccccc1)c1ccccc1. The van der Waals surface area contributed by atoms with Crippen molar-refractivity contribution in [3.05, 3.63) is 119 Å². The molecule has 2 saturated carbocycles. The van der Waals surface area contributed by atoms with Crippen LogP contribution >= 0.6 is 0 Å². The second kappa shape index (κ2) is 22.6. The van der Waals surface area contributed by atoms with E-state index in [1.54, 1.807) is 66.7 Å². The van der Waals surface area contributed by atoms with Gasteiger partial charge in [0.15, 0.2) is 31.9 Å². The van der Waals surface area contributed by atoms with E-state index < -0.39 is 150 Å². The highest BCUT2D eigenvalue weighted by molar-refractivity contribution is 7.87. The highest BCUT2D eigenvalue weighted by atomic mass is 32.2. The number of alkyl carbamates (subject to hydrolysis) is 1. The molecular weight excluding hydrogens is 1060 g/mol. The van der Waals surface area contributed by atoms with Crippen LogP contribution in [0, 0.1) is 22.7 Å². The maximum Gasteiger partial charge on any atom is 0.523 e. The number of hydrogen-bond donors (Lipinski definition) is 2. The van der Waals surface area contributed by atoms with Crippen LogP contribution in [0.15, 0.2) is 102 Å². The van der Waals surface area contributed by atoms with Crippen LogP contribution in [-0.2, 0) is 72.9 Å². The van der Waals surface area contributed by atoms with Crippen LogP contribution in [0.5, 0.6) is 0 Å². The largest absolute Gasteiger partial charge is 0.523 e. The number of ether oxygens (including phenoxy) is 6. The topological polar surface area (TPSA) is 243 Å². The first-order valence-corrected chi connectivity index (χ1v) is 29.6. The van der Waals surface area contributed by atoms with Gasteiger partial charge in [-0.1, -0.05) is 113 Å². The molecule has 3 aromatic carbocycles. The Kier molecular flexibility index (Phi) is 17.3. The van der Waals surface area contributed by atoms with E-state index in [1.807, 2.05) is 20.8 Å². The molecule has 11 atom stereocenters. The van der Waals surface area contributed by atoms with Gasteiger partial charge in [0.1, 0.15) is 30.2 Å². The van der Waals surface area contributed by atoms with Gasteiger partial charge in [-0.2, -0.15) is 21.6 Å². The van der Waals surface area contributed by atoms with Crippen molar-refractivity contribution < 1.29 is 92.5 Å². The maximum absolute atomic E-state index is 16.1. The highest BCUT2D eigenvalue weighted by Gasteiger charge is 2.80. The number of fused-ring (bicyclic) bond motifs is 5. The smallest absolute Gasteiger partial charge is 0.455 e. The van der Waals surface area contributed by atoms with E-state index in [9.17, 15) is 45.9 Å². The summed E-state index contributed by atoms with van der Waals surface area (Å²) >= 11 is 0. The molecule has 1 saturated heterocycles. The van der Waals surface area contributed by atoms with Crippen molar-refractivity contribution in [1.29, 1.82) is 0 Å². The predicted octanol–water partition coefficient (Wildman–Crippen LogP) is 8.34. The molecular formula is C55H66F3NO17SSi. The van der Waals surface area contributed by atoms with Crippen LogP contribution in [0.4, 0.5) is 18.0 Å². The summed E-state index contributed by atoms with van der Waals surface area (Å²) in [6.07, 6.45) is -12.6. The minimum atomic E-state index is -6.59. The molecule has 1 unspecified atom stereocenters. The van der Waals surface area contributed by atoms with Crippen LogP contribution < -0.4 is 5.32 Å². The molecule has 2 N–H and O–H groups in total. The number of benzene rings is 3. The predicted molar refractivity (Wildman–Crippen MR) is 273 cm³/mol. The number of carbonyl (C=O) groups excluding carboxylic acids is 6. The molecule has 7 rings (SSSR count). The van der Waals surface area contributed by atoms with E-state index in [1.165, 1.54) is 45.0 Å². The molecule has 23 heteroatoms. The quantitative estimate of drug-likeness (QED) is 0.0400. The molecule has 3 aliphatic carbocycles. The first kappa shape index (κ1) is 59.7. The van der Waals surface area contributed by atoms with Crippen molar-refractivity contribution in [3.8, 4) is 0 Å². The van der Waals surface area contributed by atoms with Gasteiger partial charge in [-0.3, -0.25) is 18.6 Å². The zero-order chi connectivity index (χ0) is 57.4. The van der Waals surface area contributed by atoms with Crippen molar-refractivity contribution in [2.45, 2.75) is 153 Å². The third-order valence-corrected chi connectivity index (χ3v) is 22.2. The van der Waals surface area contributed by atoms with Crippen molar-refractivity contribution >= 4 is 54.2 Å². The molecule has 424 valence electrons. The fourth-order valence-electron chi connectivity index (χ4n) is 12.1. The van der Waals surface area contributed by atoms with Gasteiger partial charge in [0.05, 0.1) is 35.6 Å². The van der Waals surface area contributed by atoms with Gasteiger partial charge in [0.25, 0.3) is 0 Å². The number of hydrogen-bond acceptors (Lipinski definition) is 17. The van der Waals surface area contributed by atoms with E-state index in [2.05, 4.69) is 5.32 Å². The molecule has 3 fully saturated rings. The lowest BCUT2D eigenvalue weighted by Crippen LogP contribution is -2.82. The fourth-order valence-corrected chi connectivity index (χ4v) is 15.5. The summed E-state index contributed by atoms with van der Waals surface area (Å²) in [7, 11) is -9.49. The fraction of sp³-hybridized carbons (Fsp3) is 0.527. The number of halogens is 3. The van der Waals surface area contributed by atoms with Crippen molar-refractivity contribution in [2.24, 2.45) is 22.7 Å². The van der Waals surface area contributed by atoms with E-state index in [4.69, 9.17) is 37.0 Å². The normalized spacial score (nSPS) is 28.4. The maximum atomic E-state index is 16.1. The van der Waals surface area contributed by atoms with Crippen molar-refractivity contribution in [2.75, 3.05) is 6.61 Å². The molecule has 1 aliphatic heterocycles. The van der Waals surface area contributed by atoms with Crippen LogP contribution in [0.3, 0.4) is 0 Å². The lowest BCUT2D eigenvalue weighted by atomic mass is 9.43. The van der Waals surface area contributed by atoms with Crippen molar-refractivity contribution in [3.63, 3.8) is 0 Å². The van der Waals surface area contributed by atoms with Gasteiger partial charge in [-0.05, 0) is 60.8 Å². The van der Waals surface area contributed by atoms with Gasteiger partial charge in [0, 0.05) is 38.0 Å². The molecule has 4 aliphatic rings. The van der Waals surface area contributed by atoms with E-state index >= 15 is 9.59 Å². The first-order valence-electron chi connectivity index (χ1n) is 25.7. The Hall–Kier alpha value is -5.98. The monoisotopic (exact) mass is 1130 g/mol. The van der Waals surface area contributed by atoms with Gasteiger partial charge in [0.2, 0.25) is 0 Å². The minimum Gasteiger partial charge on any atom is -0.455 e. The summed E-state index contributed by atoms with van der Waals surface area (Å²) in [5.41, 5.74) is -14.7. The Morgan fingerprint density at radius 2 is 1.44 bits per heavy atom. The molecule has 1 amide bonds. The van der Waals surface area contributed by atoms with Gasteiger partial charge in [-0.25, -0.2) is 14.4 Å². The zero-order valence-electron chi connectivity index (χ0n) is 44.8. The van der Waals surface area contributed by atoms with Gasteiger partial charge < -0.3 is 43.3 Å². The number of amides is 1. The Bertz CT molecular complexity index is 2880. The first-order chi connectivity index (χ1) is 36.6. The Labute approximate surface area is 451 Å². The third-order valence-electron chi connectivity index (χ3n) is 16.5. The number of nitrogens with one attached hydrogen (secondary N) is 1. The number of ketones is 1. The molecule has 0 spiro atoms. The van der Waals surface area contributed by atoms with Crippen LogP contribution in [0.1, 0.15) is 103 Å². The Morgan fingerprint density at radius 1 is 0.859 bits per heavy atom. The number of Topliss-reactive ketones (excluding diaryl/α,β-unsaturated/α-hetero) is 1. The molecule has 1 heterocycles. The summed E-state index contributed by atoms with van der Waals surface area (Å²) in [6, 6.07) is 24.7. The zero-order valence-corrected chi connectivity index (χ0v) is 46.6. The molecule has 78 heavy (non-hydrogen) atoms. The number of carbonyl (C=O) groups is 6. The second-order valence-corrected chi connectivity index (χ2v) is 27.4. The van der Waals surface area contributed by atoms with E-state index in [-0.39, 0.29) is 23.5 Å². The van der Waals surface area contributed by atoms with Gasteiger partial charge in [-0.15, -0.1) is 0 Å². The Morgan fingerprint density at radius 3 is 1.96 bits per heavy atom. The van der Waals surface area contributed by atoms with E-state index in [0.717, 1.165) is 20.8 Å². The highest BCUT2D eigenvalue weighted by Crippen LogP contribution is 2.66. The summed E-state index contributed by atoms with van der Waals surface area (Å²) in [6.45, 7) is 12.2. The summed E-state index contributed by atoms with van der Waals surface area (Å²) in [4.78, 5) is 86.9. The standard InChI is InChI=1S/C55H66F3NO17SSi/c1-10-78(11-2,12-3)76-44(42(36-24-18-14-19-25-36)59-50(65)69-30-35-22-16-13-17-23-35)49(64)72-38-29-54(66)47(73-48(63)37-26-20-15-21-27-37)45-52(9,46(62)43(71-33(5)60)41(32(38)4)51(54,7)8)39(75-77(67,68)55(56,57)58)28-40-53(45,31-70-40)74-34(6)61/h13-27,39-45,47,66H,10-12,28-31H2,1-9H3,(H,59,65)/t39-,40+,41?,42-,43+,44+,45-,47-,52+,53-,54+/m0/s1. The van der Waals surface area contributed by atoms with Crippen molar-refractivity contribution in [1.82, 2.24) is 5.32 Å². The molecule has 18 nitrogen and oxygen atoms in total. The molecule has 3 aromatic rings. The number of esters is 4. The molecule has 0 aromatic heterocycles. The van der Waals surface area contributed by atoms with Crippen LogP contribution in [0.2, 0.25) is 18.1 Å². The average molecular weight is 1130 g/mol. The van der Waals surface area contributed by atoms with Crippen LogP contribution in [0.25, 0.3) is 0 Å². The molecule has 2 bridgehead atoms. The Balaban J connectivity index is 1.46.